The van der Waals surface area contributed by atoms with E-state index >= 15 is 0 Å². The molecule has 0 amide bonds. The van der Waals surface area contributed by atoms with Crippen molar-refractivity contribution in [1.82, 2.24) is 15.3 Å². The molecule has 0 saturated carbocycles. The lowest BCUT2D eigenvalue weighted by atomic mass is 10.0. The number of aromatic nitrogens is 2. The molecule has 1 fully saturated rings. The summed E-state index contributed by atoms with van der Waals surface area (Å²) in [6.07, 6.45) is -4.72. The number of hydrogen-bond acceptors (Lipinski definition) is 7. The van der Waals surface area contributed by atoms with Gasteiger partial charge >= 0.3 is 6.18 Å². The highest BCUT2D eigenvalue weighted by molar-refractivity contribution is 7.92. The number of pyridine rings is 2. The average molecular weight is 544 g/mol. The third-order valence-corrected chi connectivity index (χ3v) is 6.88. The summed E-state index contributed by atoms with van der Waals surface area (Å²) in [5.41, 5.74) is -0.546. The van der Waals surface area contributed by atoms with Crippen molar-refractivity contribution in [3.05, 3.63) is 65.7 Å². The van der Waals surface area contributed by atoms with Crippen molar-refractivity contribution in [2.24, 2.45) is 0 Å². The third kappa shape index (κ3) is 6.25. The maximum Gasteiger partial charge on any atom is 0.418 e. The monoisotopic (exact) mass is 543 g/mol. The first-order valence-corrected chi connectivity index (χ1v) is 12.3. The Hall–Kier alpha value is -2.93. The summed E-state index contributed by atoms with van der Waals surface area (Å²) in [6, 6.07) is 12.2. The standard InChI is InChI=1S/C23H24F3N5O3S.ClH/c1-14-5-2-3-6-15(14)22-16(23(24,25)26)9-10-20(30-22)31-35(33,34)21-8-4-7-19(29-21)28-17-11-12-27-13-18(17)32;/h2-10,17-18,27,32H,11-13H2,1H3,(H,28,29)(H,30,31);1H/t17-,18+;/m1./s1. The van der Waals surface area contributed by atoms with Crippen LogP contribution >= 0.6 is 12.4 Å². The van der Waals surface area contributed by atoms with Crippen LogP contribution in [-0.2, 0) is 16.2 Å². The number of aryl methyl sites for hydroxylation is 1. The van der Waals surface area contributed by atoms with Gasteiger partial charge in [0.15, 0.2) is 5.03 Å². The number of anilines is 2. The molecule has 13 heteroatoms. The summed E-state index contributed by atoms with van der Waals surface area (Å²) in [4.78, 5) is 8.13. The fourth-order valence-corrected chi connectivity index (χ4v) is 4.79. The number of piperidine rings is 1. The van der Waals surface area contributed by atoms with Crippen molar-refractivity contribution >= 4 is 34.1 Å². The molecule has 1 aliphatic rings. The molecule has 0 aliphatic carbocycles. The van der Waals surface area contributed by atoms with E-state index in [2.05, 4.69) is 25.3 Å². The molecule has 0 unspecified atom stereocenters. The normalized spacial score (nSPS) is 18.2. The van der Waals surface area contributed by atoms with Crippen LogP contribution in [0.2, 0.25) is 0 Å². The molecule has 0 bridgehead atoms. The number of sulfonamides is 1. The first kappa shape index (κ1) is 27.7. The molecule has 2 atom stereocenters. The Morgan fingerprint density at radius 3 is 2.47 bits per heavy atom. The summed E-state index contributed by atoms with van der Waals surface area (Å²) in [7, 11) is -4.27. The second-order valence-electron chi connectivity index (χ2n) is 8.18. The number of aliphatic hydroxyl groups is 1. The Kier molecular flexibility index (Phi) is 8.44. The second kappa shape index (κ2) is 11.0. The lowest BCUT2D eigenvalue weighted by molar-refractivity contribution is -0.137. The maximum atomic E-state index is 13.6. The van der Waals surface area contributed by atoms with Crippen LogP contribution in [0.4, 0.5) is 24.8 Å². The number of halogens is 4. The van der Waals surface area contributed by atoms with E-state index in [1.807, 2.05) is 0 Å². The summed E-state index contributed by atoms with van der Waals surface area (Å²) in [5, 5.41) is 15.8. The Morgan fingerprint density at radius 2 is 1.78 bits per heavy atom. The van der Waals surface area contributed by atoms with E-state index in [1.54, 1.807) is 31.2 Å². The lowest BCUT2D eigenvalue weighted by Gasteiger charge is -2.29. The molecule has 1 aliphatic heterocycles. The molecule has 194 valence electrons. The molecule has 4 N–H and O–H groups in total. The third-order valence-electron chi connectivity index (χ3n) is 5.62. The minimum Gasteiger partial charge on any atom is -0.390 e. The number of nitrogens with one attached hydrogen (secondary N) is 3. The molecular formula is C23H25ClF3N5O3S. The zero-order valence-electron chi connectivity index (χ0n) is 19.1. The van der Waals surface area contributed by atoms with Crippen LogP contribution in [0.15, 0.2) is 59.6 Å². The van der Waals surface area contributed by atoms with Gasteiger partial charge in [-0.3, -0.25) is 4.72 Å². The number of β-amino-alcohol motifs (C(OH)–C–C–N with tert-alkyl or cyclic N) is 1. The molecule has 3 aromatic rings. The topological polar surface area (TPSA) is 116 Å². The molecule has 0 spiro atoms. The van der Waals surface area contributed by atoms with Crippen LogP contribution in [-0.4, -0.2) is 48.7 Å². The molecule has 4 rings (SSSR count). The Morgan fingerprint density at radius 1 is 1.03 bits per heavy atom. The van der Waals surface area contributed by atoms with Gasteiger partial charge in [-0.25, -0.2) is 9.97 Å². The molecule has 8 nitrogen and oxygen atoms in total. The zero-order valence-corrected chi connectivity index (χ0v) is 20.7. The number of alkyl halides is 3. The van der Waals surface area contributed by atoms with E-state index in [1.165, 1.54) is 18.2 Å². The lowest BCUT2D eigenvalue weighted by Crippen LogP contribution is -2.47. The van der Waals surface area contributed by atoms with Crippen molar-refractivity contribution in [3.8, 4) is 11.3 Å². The van der Waals surface area contributed by atoms with Crippen molar-refractivity contribution in [2.75, 3.05) is 23.1 Å². The molecule has 1 aromatic carbocycles. The fourth-order valence-electron chi connectivity index (χ4n) is 3.82. The van der Waals surface area contributed by atoms with Crippen LogP contribution in [0.25, 0.3) is 11.3 Å². The highest BCUT2D eigenvalue weighted by Crippen LogP contribution is 2.38. The number of benzene rings is 1. The quantitative estimate of drug-likeness (QED) is 0.373. The van der Waals surface area contributed by atoms with Crippen LogP contribution in [0.3, 0.4) is 0 Å². The number of aliphatic hydroxyl groups excluding tert-OH is 1. The minimum atomic E-state index is -4.68. The average Bonchev–Trinajstić information content (AvgIpc) is 2.80. The van der Waals surface area contributed by atoms with Crippen LogP contribution in [0.1, 0.15) is 17.5 Å². The van der Waals surface area contributed by atoms with Gasteiger partial charge in [-0.1, -0.05) is 30.3 Å². The van der Waals surface area contributed by atoms with Gasteiger partial charge in [0.2, 0.25) is 0 Å². The van der Waals surface area contributed by atoms with Gasteiger partial charge in [0.1, 0.15) is 11.6 Å². The van der Waals surface area contributed by atoms with Gasteiger partial charge in [0.25, 0.3) is 10.0 Å². The molecule has 0 radical (unpaired) electrons. The van der Waals surface area contributed by atoms with Gasteiger partial charge < -0.3 is 15.7 Å². The van der Waals surface area contributed by atoms with E-state index in [4.69, 9.17) is 0 Å². The van der Waals surface area contributed by atoms with Crippen molar-refractivity contribution in [2.45, 2.75) is 36.7 Å². The molecular weight excluding hydrogens is 519 g/mol. The van der Waals surface area contributed by atoms with E-state index in [9.17, 15) is 26.7 Å². The van der Waals surface area contributed by atoms with Crippen molar-refractivity contribution < 1.29 is 26.7 Å². The molecule has 1 saturated heterocycles. The fraction of sp³-hybridized carbons (Fsp3) is 0.304. The number of hydrogen-bond donors (Lipinski definition) is 4. The van der Waals surface area contributed by atoms with Gasteiger partial charge in [0.05, 0.1) is 23.4 Å². The van der Waals surface area contributed by atoms with E-state index < -0.39 is 27.9 Å². The van der Waals surface area contributed by atoms with Crippen molar-refractivity contribution in [1.29, 1.82) is 0 Å². The SMILES string of the molecule is Cc1ccccc1-c1nc(NS(=O)(=O)c2cccc(N[C@@H]3CCNC[C@@H]3O)n2)ccc1C(F)(F)F.Cl. The molecule has 36 heavy (non-hydrogen) atoms. The van der Waals surface area contributed by atoms with Gasteiger partial charge in [0, 0.05) is 12.1 Å². The van der Waals surface area contributed by atoms with Gasteiger partial charge in [-0.2, -0.15) is 21.6 Å². The maximum absolute atomic E-state index is 13.6. The van der Waals surface area contributed by atoms with E-state index in [-0.39, 0.29) is 46.4 Å². The van der Waals surface area contributed by atoms with Gasteiger partial charge in [-0.15, -0.1) is 12.4 Å². The summed E-state index contributed by atoms with van der Waals surface area (Å²) in [6.45, 7) is 2.74. The van der Waals surface area contributed by atoms with Crippen molar-refractivity contribution in [3.63, 3.8) is 0 Å². The predicted octanol–water partition coefficient (Wildman–Crippen LogP) is 3.83. The highest BCUT2D eigenvalue weighted by atomic mass is 35.5. The minimum absolute atomic E-state index is 0. The predicted molar refractivity (Wildman–Crippen MR) is 133 cm³/mol. The highest BCUT2D eigenvalue weighted by Gasteiger charge is 2.35. The van der Waals surface area contributed by atoms with Crippen LogP contribution in [0, 0.1) is 6.92 Å². The Balaban J connectivity index is 0.00000361. The smallest absolute Gasteiger partial charge is 0.390 e. The van der Waals surface area contributed by atoms with E-state index in [0.29, 0.717) is 25.1 Å². The summed E-state index contributed by atoms with van der Waals surface area (Å²) < 4.78 is 69.1. The molecule has 3 heterocycles. The Labute approximate surface area is 212 Å². The summed E-state index contributed by atoms with van der Waals surface area (Å²) >= 11 is 0. The largest absolute Gasteiger partial charge is 0.418 e. The second-order valence-corrected chi connectivity index (χ2v) is 9.81. The summed E-state index contributed by atoms with van der Waals surface area (Å²) in [5.74, 6) is -0.0232. The van der Waals surface area contributed by atoms with Gasteiger partial charge in [-0.05, 0) is 49.7 Å². The van der Waals surface area contributed by atoms with Crippen LogP contribution in [0.5, 0.6) is 0 Å². The molecule has 2 aromatic heterocycles. The number of nitrogens with zero attached hydrogens (tertiary/aromatic N) is 2. The first-order valence-electron chi connectivity index (χ1n) is 10.8. The van der Waals surface area contributed by atoms with E-state index in [0.717, 1.165) is 12.1 Å². The number of rotatable bonds is 6. The zero-order chi connectivity index (χ0) is 25.2. The Bertz CT molecular complexity index is 1320. The van der Waals surface area contributed by atoms with Crippen LogP contribution < -0.4 is 15.4 Å². The first-order chi connectivity index (χ1) is 16.5.